The van der Waals surface area contributed by atoms with Gasteiger partial charge in [0.25, 0.3) is 0 Å². The molecule has 52 valence electrons. The van der Waals surface area contributed by atoms with Crippen molar-refractivity contribution in [1.29, 1.82) is 0 Å². The lowest BCUT2D eigenvalue weighted by atomic mass is 10.6. The van der Waals surface area contributed by atoms with Crippen molar-refractivity contribution in [3.63, 3.8) is 0 Å². The number of hydrogen-bond donors (Lipinski definition) is 1. The monoisotopic (exact) mass is 119 g/mol. The molecule has 0 aliphatic rings. The van der Waals surface area contributed by atoms with Crippen LogP contribution in [0.25, 0.3) is 0 Å². The fourth-order valence-electron chi connectivity index (χ4n) is 0. The number of Topliss-reactive ketones (excluding diaryl/α,β-unsaturated/α-hetero) is 1. The number of carbonyl (C=O) groups is 1. The molecule has 0 rings (SSSR count). The Kier molecular flexibility index (Phi) is 31.2. The number of rotatable bonds is 0. The first kappa shape index (κ1) is 15.6. The highest BCUT2D eigenvalue weighted by atomic mass is 16.1. The van der Waals surface area contributed by atoms with Gasteiger partial charge in [0.1, 0.15) is 5.78 Å². The molecule has 0 saturated heterocycles. The number of ketones is 1. The van der Waals surface area contributed by atoms with Crippen LogP contribution in [0.5, 0.6) is 0 Å². The van der Waals surface area contributed by atoms with E-state index >= 15 is 0 Å². The molecular formula is C6H17NO. The lowest BCUT2D eigenvalue weighted by Crippen LogP contribution is -1.89. The largest absolute Gasteiger partial charge is 0.323 e. The van der Waals surface area contributed by atoms with E-state index in [0.717, 1.165) is 0 Å². The van der Waals surface area contributed by atoms with Gasteiger partial charge in [-0.25, -0.2) is 0 Å². The van der Waals surface area contributed by atoms with Gasteiger partial charge >= 0.3 is 0 Å². The molecule has 0 aromatic carbocycles. The van der Waals surface area contributed by atoms with Crippen molar-refractivity contribution < 1.29 is 4.79 Å². The van der Waals surface area contributed by atoms with Gasteiger partial charge in [-0.1, -0.05) is 7.43 Å². The minimum atomic E-state index is 0. The molecule has 0 aliphatic heterocycles. The molecule has 0 spiro atoms. The Morgan fingerprint density at radius 3 is 1.25 bits per heavy atom. The summed E-state index contributed by atoms with van der Waals surface area (Å²) in [5.41, 5.74) is 0. The van der Waals surface area contributed by atoms with Crippen LogP contribution in [-0.2, 0) is 4.79 Å². The molecule has 2 nitrogen and oxygen atoms in total. The van der Waals surface area contributed by atoms with Crippen LogP contribution < -0.4 is 5.32 Å². The highest BCUT2D eigenvalue weighted by molar-refractivity contribution is 5.72. The van der Waals surface area contributed by atoms with Crippen molar-refractivity contribution in [2.24, 2.45) is 0 Å². The minimum Gasteiger partial charge on any atom is -0.323 e. The van der Waals surface area contributed by atoms with Gasteiger partial charge < -0.3 is 10.1 Å². The fourth-order valence-corrected chi connectivity index (χ4v) is 0. The average Bonchev–Trinajstić information content (AvgIpc) is 1.33. The molecule has 1 N–H and O–H groups in total. The van der Waals surface area contributed by atoms with Gasteiger partial charge in [0.05, 0.1) is 0 Å². The van der Waals surface area contributed by atoms with E-state index in [-0.39, 0.29) is 13.2 Å². The van der Waals surface area contributed by atoms with Crippen LogP contribution in [0, 0.1) is 0 Å². The third kappa shape index (κ3) is 882. The molecule has 8 heavy (non-hydrogen) atoms. The number of hydrogen-bond acceptors (Lipinski definition) is 2. The summed E-state index contributed by atoms with van der Waals surface area (Å²) in [5, 5.41) is 2.75. The van der Waals surface area contributed by atoms with E-state index in [1.54, 1.807) is 0 Å². The van der Waals surface area contributed by atoms with E-state index in [9.17, 15) is 4.79 Å². The topological polar surface area (TPSA) is 29.1 Å². The Labute approximate surface area is 52.3 Å². The molecule has 0 aliphatic carbocycles. The van der Waals surface area contributed by atoms with E-state index in [0.29, 0.717) is 0 Å². The third-order valence-corrected chi connectivity index (χ3v) is 0. The van der Waals surface area contributed by atoms with Crippen molar-refractivity contribution in [2.75, 3.05) is 14.1 Å². The van der Waals surface area contributed by atoms with Gasteiger partial charge in [-0.05, 0) is 27.9 Å². The van der Waals surface area contributed by atoms with Crippen LogP contribution in [-0.4, -0.2) is 19.9 Å². The van der Waals surface area contributed by atoms with Gasteiger partial charge in [-0.2, -0.15) is 0 Å². The van der Waals surface area contributed by atoms with Crippen LogP contribution in [0.4, 0.5) is 0 Å². The van der Waals surface area contributed by atoms with Crippen molar-refractivity contribution in [1.82, 2.24) is 5.32 Å². The lowest BCUT2D eigenvalue weighted by Gasteiger charge is -1.59. The second-order valence-electron chi connectivity index (χ2n) is 1.41. The molecular weight excluding hydrogens is 102 g/mol. The second-order valence-corrected chi connectivity index (χ2v) is 1.41. The van der Waals surface area contributed by atoms with E-state index in [4.69, 9.17) is 0 Å². The summed E-state index contributed by atoms with van der Waals surface area (Å²) in [6.45, 7) is 3.06. The van der Waals surface area contributed by atoms with Crippen molar-refractivity contribution in [2.45, 2.75) is 21.3 Å². The number of nitrogens with one attached hydrogen (secondary N) is 1. The Hall–Kier alpha value is -0.370. The molecule has 0 saturated carbocycles. The molecule has 0 aromatic heterocycles. The van der Waals surface area contributed by atoms with E-state index in [1.165, 1.54) is 13.8 Å². The number of carbonyl (C=O) groups excluding carboxylic acids is 1. The molecule has 0 amide bonds. The zero-order valence-corrected chi connectivity index (χ0v) is 5.41. The van der Waals surface area contributed by atoms with Gasteiger partial charge in [0.15, 0.2) is 0 Å². The maximum Gasteiger partial charge on any atom is 0.126 e. The first-order valence-corrected chi connectivity index (χ1v) is 2.20. The van der Waals surface area contributed by atoms with Crippen molar-refractivity contribution in [3.05, 3.63) is 0 Å². The summed E-state index contributed by atoms with van der Waals surface area (Å²) in [7, 11) is 3.75. The standard InChI is InChI=1S/C3H6O.C2H7N.CH4/c1-3(2)4;1-3-2;/h1-2H3;3H,1-2H3;1H4. The first-order chi connectivity index (χ1) is 3.15. The van der Waals surface area contributed by atoms with Crippen molar-refractivity contribution >= 4 is 5.78 Å². The maximum atomic E-state index is 9.44. The molecule has 0 aromatic rings. The van der Waals surface area contributed by atoms with Crippen LogP contribution in [0.2, 0.25) is 0 Å². The van der Waals surface area contributed by atoms with Crippen LogP contribution >= 0.6 is 0 Å². The Balaban J connectivity index is -0.0000000575. The highest BCUT2D eigenvalue weighted by Crippen LogP contribution is 1.50. The zero-order chi connectivity index (χ0) is 6.28. The first-order valence-electron chi connectivity index (χ1n) is 2.20. The fraction of sp³-hybridized carbons (Fsp3) is 0.833. The quantitative estimate of drug-likeness (QED) is 0.516. The van der Waals surface area contributed by atoms with Crippen LogP contribution in [0.3, 0.4) is 0 Å². The normalized spacial score (nSPS) is 5.50. The van der Waals surface area contributed by atoms with Gasteiger partial charge in [-0.15, -0.1) is 0 Å². The maximum absolute atomic E-state index is 9.44. The summed E-state index contributed by atoms with van der Waals surface area (Å²) in [6, 6.07) is 0. The predicted molar refractivity (Wildman–Crippen MR) is 38.1 cm³/mol. The lowest BCUT2D eigenvalue weighted by molar-refractivity contribution is -0.114. The molecule has 0 heterocycles. The Bertz CT molecular complexity index is 39.8. The van der Waals surface area contributed by atoms with Crippen LogP contribution in [0.1, 0.15) is 21.3 Å². The highest BCUT2D eigenvalue weighted by Gasteiger charge is 1.62. The van der Waals surface area contributed by atoms with Gasteiger partial charge in [0.2, 0.25) is 0 Å². The molecule has 0 bridgehead atoms. The molecule has 2 heteroatoms. The predicted octanol–water partition coefficient (Wildman–Crippen LogP) is 1.07. The Morgan fingerprint density at radius 2 is 1.25 bits per heavy atom. The van der Waals surface area contributed by atoms with Gasteiger partial charge in [0, 0.05) is 0 Å². The summed E-state index contributed by atoms with van der Waals surface area (Å²) >= 11 is 0. The SMILES string of the molecule is C.CC(C)=O.CNC. The van der Waals surface area contributed by atoms with Crippen molar-refractivity contribution in [3.8, 4) is 0 Å². The molecule has 0 fully saturated rings. The van der Waals surface area contributed by atoms with E-state index in [1.807, 2.05) is 14.1 Å². The zero-order valence-electron chi connectivity index (χ0n) is 5.41. The second kappa shape index (κ2) is 15.9. The van der Waals surface area contributed by atoms with Gasteiger partial charge in [-0.3, -0.25) is 0 Å². The summed E-state index contributed by atoms with van der Waals surface area (Å²) in [4.78, 5) is 9.44. The molecule has 0 unspecified atom stereocenters. The summed E-state index contributed by atoms with van der Waals surface area (Å²) in [6.07, 6.45) is 0. The molecule has 0 radical (unpaired) electrons. The average molecular weight is 119 g/mol. The van der Waals surface area contributed by atoms with E-state index in [2.05, 4.69) is 5.32 Å². The summed E-state index contributed by atoms with van der Waals surface area (Å²) < 4.78 is 0. The smallest absolute Gasteiger partial charge is 0.126 e. The van der Waals surface area contributed by atoms with Crippen LogP contribution in [0.15, 0.2) is 0 Å². The van der Waals surface area contributed by atoms with E-state index < -0.39 is 0 Å². The molecule has 0 atom stereocenters. The Morgan fingerprint density at radius 1 is 1.25 bits per heavy atom. The summed E-state index contributed by atoms with van der Waals surface area (Å²) in [5.74, 6) is 0.167. The minimum absolute atomic E-state index is 0. The third-order valence-electron chi connectivity index (χ3n) is 0.